The van der Waals surface area contributed by atoms with Crippen molar-refractivity contribution in [2.75, 3.05) is 0 Å². The molecular formula is C27H56. The van der Waals surface area contributed by atoms with Crippen LogP contribution >= 0.6 is 0 Å². The molecule has 0 saturated heterocycles. The molecule has 0 heterocycles. The molecule has 0 heteroatoms. The minimum atomic E-state index is 0. The summed E-state index contributed by atoms with van der Waals surface area (Å²) in [5.74, 6) is 2.21. The monoisotopic (exact) mass is 380 g/mol. The fraction of sp³-hybridized carbons (Fsp3) is 1.00. The smallest absolute Gasteiger partial charge is 0.0320 e. The maximum atomic E-state index is 2.40. The van der Waals surface area contributed by atoms with Gasteiger partial charge in [-0.15, -0.1) is 0 Å². The second-order valence-corrected chi connectivity index (χ2v) is 13.8. The van der Waals surface area contributed by atoms with E-state index in [9.17, 15) is 0 Å². The van der Waals surface area contributed by atoms with Crippen molar-refractivity contribution < 1.29 is 0 Å². The molecule has 0 aromatic carbocycles. The van der Waals surface area contributed by atoms with Crippen LogP contribution in [-0.2, 0) is 0 Å². The molecule has 27 heavy (non-hydrogen) atoms. The average molecular weight is 381 g/mol. The molecule has 164 valence electrons. The van der Waals surface area contributed by atoms with E-state index in [1.54, 1.807) is 0 Å². The third-order valence-corrected chi connectivity index (χ3v) is 5.66. The molecule has 0 aliphatic heterocycles. The number of rotatable bonds is 4. The van der Waals surface area contributed by atoms with Gasteiger partial charge in [0, 0.05) is 0 Å². The number of hydrogen-bond acceptors (Lipinski definition) is 0. The minimum absolute atomic E-state index is 0. The lowest BCUT2D eigenvalue weighted by Gasteiger charge is -2.22. The topological polar surface area (TPSA) is 0 Å². The maximum absolute atomic E-state index is 2.40. The first-order valence-electron chi connectivity index (χ1n) is 11.6. The fourth-order valence-electron chi connectivity index (χ4n) is 3.90. The Hall–Kier alpha value is 0. The minimum Gasteiger partial charge on any atom is -0.0776 e. The van der Waals surface area contributed by atoms with Gasteiger partial charge in [0.1, 0.15) is 0 Å². The molecule has 0 bridgehead atoms. The molecule has 0 atom stereocenters. The molecule has 0 N–H and O–H groups in total. The van der Waals surface area contributed by atoms with E-state index in [0.717, 1.165) is 17.3 Å². The van der Waals surface area contributed by atoms with Gasteiger partial charge in [0.25, 0.3) is 0 Å². The van der Waals surface area contributed by atoms with Crippen molar-refractivity contribution >= 4 is 0 Å². The lowest BCUT2D eigenvalue weighted by molar-refractivity contribution is 0.293. The molecule has 0 nitrogen and oxygen atoms in total. The van der Waals surface area contributed by atoms with Crippen molar-refractivity contribution in [3.05, 3.63) is 0 Å². The van der Waals surface area contributed by atoms with E-state index in [4.69, 9.17) is 0 Å². The van der Waals surface area contributed by atoms with Crippen molar-refractivity contribution in [3.63, 3.8) is 0 Å². The van der Waals surface area contributed by atoms with E-state index in [0.29, 0.717) is 16.2 Å². The second-order valence-electron chi connectivity index (χ2n) is 13.8. The lowest BCUT2D eigenvalue weighted by Crippen LogP contribution is -2.10. The molecule has 0 unspecified atom stereocenters. The van der Waals surface area contributed by atoms with E-state index >= 15 is 0 Å². The van der Waals surface area contributed by atoms with Crippen LogP contribution in [-0.4, -0.2) is 0 Å². The zero-order chi connectivity index (χ0) is 20.2. The molecular weight excluding hydrogens is 324 g/mol. The van der Waals surface area contributed by atoms with E-state index in [1.165, 1.54) is 64.2 Å². The Kier molecular flexibility index (Phi) is 10.2. The van der Waals surface area contributed by atoms with Crippen LogP contribution in [0, 0.1) is 33.5 Å². The molecule has 0 aromatic rings. The van der Waals surface area contributed by atoms with Crippen molar-refractivity contribution in [2.24, 2.45) is 33.5 Å². The maximum Gasteiger partial charge on any atom is -0.0320 e. The Balaban J connectivity index is 0.000000369. The Bertz CT molecular complexity index is 380. The predicted molar refractivity (Wildman–Crippen MR) is 126 cm³/mol. The van der Waals surface area contributed by atoms with Crippen LogP contribution in [0.3, 0.4) is 0 Å². The summed E-state index contributed by atoms with van der Waals surface area (Å²) in [6.45, 7) is 23.4. The third-order valence-electron chi connectivity index (χ3n) is 5.66. The highest BCUT2D eigenvalue weighted by Crippen LogP contribution is 2.52. The molecule has 3 aliphatic carbocycles. The van der Waals surface area contributed by atoms with Crippen molar-refractivity contribution in [3.8, 4) is 0 Å². The van der Waals surface area contributed by atoms with Gasteiger partial charge in [0.2, 0.25) is 0 Å². The standard InChI is InChI=1S/2C9H18.C8H16.CH4/c1-8(2,3)7-9(4)5-6-9;1-9(2,3)7-6-8-4-5-8;1-8(2,3)6-7-4-5-7;/h5-7H2,1-4H3;8H,4-7H2,1-3H3;7H,4-6H2,1-3H3;1H4. The van der Waals surface area contributed by atoms with E-state index in [2.05, 4.69) is 69.2 Å². The normalized spacial score (nSPS) is 21.1. The van der Waals surface area contributed by atoms with Crippen molar-refractivity contribution in [2.45, 2.75) is 141 Å². The summed E-state index contributed by atoms with van der Waals surface area (Å²) in [7, 11) is 0. The van der Waals surface area contributed by atoms with E-state index in [1.807, 2.05) is 0 Å². The van der Waals surface area contributed by atoms with Crippen LogP contribution in [0.25, 0.3) is 0 Å². The molecule has 3 aliphatic rings. The van der Waals surface area contributed by atoms with Gasteiger partial charge in [0.15, 0.2) is 0 Å². The van der Waals surface area contributed by atoms with Crippen molar-refractivity contribution in [1.29, 1.82) is 0 Å². The summed E-state index contributed by atoms with van der Waals surface area (Å²) in [5.41, 5.74) is 2.44. The van der Waals surface area contributed by atoms with Gasteiger partial charge in [0.05, 0.1) is 0 Å². The quantitative estimate of drug-likeness (QED) is 0.455. The second kappa shape index (κ2) is 10.2. The largest absolute Gasteiger partial charge is 0.0776 e. The highest BCUT2D eigenvalue weighted by molar-refractivity contribution is 4.91. The Morgan fingerprint density at radius 1 is 0.667 bits per heavy atom. The van der Waals surface area contributed by atoms with Crippen molar-refractivity contribution in [1.82, 2.24) is 0 Å². The van der Waals surface area contributed by atoms with E-state index in [-0.39, 0.29) is 7.43 Å². The SMILES string of the molecule is C.CC(C)(C)CC1(C)CC1.CC(C)(C)CC1CC1.CC(C)(C)CCC1CC1. The van der Waals surface area contributed by atoms with Gasteiger partial charge >= 0.3 is 0 Å². The predicted octanol–water partition coefficient (Wildman–Crippen LogP) is 9.91. The molecule has 0 radical (unpaired) electrons. The summed E-state index contributed by atoms with van der Waals surface area (Å²) in [5, 5.41) is 0. The Morgan fingerprint density at radius 2 is 1.11 bits per heavy atom. The summed E-state index contributed by atoms with van der Waals surface area (Å²) < 4.78 is 0. The average Bonchev–Trinajstić information content (AvgIpc) is 3.21. The van der Waals surface area contributed by atoms with Gasteiger partial charge in [-0.2, -0.15) is 0 Å². The van der Waals surface area contributed by atoms with Gasteiger partial charge in [-0.25, -0.2) is 0 Å². The highest BCUT2D eigenvalue weighted by atomic mass is 14.4. The van der Waals surface area contributed by atoms with Gasteiger partial charge in [-0.05, 0) is 72.0 Å². The highest BCUT2D eigenvalue weighted by Gasteiger charge is 2.40. The Morgan fingerprint density at radius 3 is 1.30 bits per heavy atom. The fourth-order valence-corrected chi connectivity index (χ4v) is 3.90. The summed E-state index contributed by atoms with van der Waals surface area (Å²) in [6, 6.07) is 0. The lowest BCUT2D eigenvalue weighted by atomic mass is 9.84. The van der Waals surface area contributed by atoms with Gasteiger partial charge < -0.3 is 0 Å². The third kappa shape index (κ3) is 19.1. The van der Waals surface area contributed by atoms with E-state index < -0.39 is 0 Å². The molecule has 0 amide bonds. The van der Waals surface area contributed by atoms with Crippen LogP contribution in [0.2, 0.25) is 0 Å². The molecule has 3 saturated carbocycles. The van der Waals surface area contributed by atoms with Crippen LogP contribution < -0.4 is 0 Å². The zero-order valence-corrected chi connectivity index (χ0v) is 20.2. The number of hydrogen-bond donors (Lipinski definition) is 0. The molecule has 3 fully saturated rings. The van der Waals surface area contributed by atoms with Crippen LogP contribution in [0.4, 0.5) is 0 Å². The van der Waals surface area contributed by atoms with Crippen LogP contribution in [0.1, 0.15) is 141 Å². The summed E-state index contributed by atoms with van der Waals surface area (Å²) in [4.78, 5) is 0. The first-order chi connectivity index (χ1) is 11.6. The zero-order valence-electron chi connectivity index (χ0n) is 20.2. The van der Waals surface area contributed by atoms with Gasteiger partial charge in [-0.1, -0.05) is 102 Å². The molecule has 3 rings (SSSR count). The van der Waals surface area contributed by atoms with Gasteiger partial charge in [-0.3, -0.25) is 0 Å². The molecule has 0 aromatic heterocycles. The first kappa shape index (κ1) is 27.0. The summed E-state index contributed by atoms with van der Waals surface area (Å²) >= 11 is 0. The summed E-state index contributed by atoms with van der Waals surface area (Å²) in [6.07, 6.45) is 14.7. The Labute approximate surface area is 174 Å². The first-order valence-corrected chi connectivity index (χ1v) is 11.6. The molecule has 0 spiro atoms. The van der Waals surface area contributed by atoms with Crippen LogP contribution in [0.15, 0.2) is 0 Å². The van der Waals surface area contributed by atoms with Crippen LogP contribution in [0.5, 0.6) is 0 Å².